The van der Waals surface area contributed by atoms with Crippen LogP contribution >= 0.6 is 27.3 Å². The van der Waals surface area contributed by atoms with Gasteiger partial charge in [-0.3, -0.25) is 0 Å². The number of nitrogens with one attached hydrogen (secondary N) is 1. The first-order valence-corrected chi connectivity index (χ1v) is 7.58. The van der Waals surface area contributed by atoms with Gasteiger partial charge in [-0.05, 0) is 41.1 Å². The van der Waals surface area contributed by atoms with Crippen molar-refractivity contribution in [3.05, 3.63) is 50.6 Å². The summed E-state index contributed by atoms with van der Waals surface area (Å²) < 4.78 is 6.52. The fraction of sp³-hybridized carbons (Fsp3) is 0.286. The fourth-order valence-electron chi connectivity index (χ4n) is 1.97. The summed E-state index contributed by atoms with van der Waals surface area (Å²) in [5.41, 5.74) is 2.45. The Morgan fingerprint density at radius 1 is 1.39 bits per heavy atom. The van der Waals surface area contributed by atoms with Crippen molar-refractivity contribution in [2.45, 2.75) is 13.0 Å². The SMILES string of the molecule is CCNC(c1ccsc1)c1ccc(Br)cc1OC. The van der Waals surface area contributed by atoms with E-state index in [1.165, 1.54) is 11.1 Å². The van der Waals surface area contributed by atoms with Crippen molar-refractivity contribution in [1.29, 1.82) is 0 Å². The topological polar surface area (TPSA) is 21.3 Å². The lowest BCUT2D eigenvalue weighted by atomic mass is 10.0. The van der Waals surface area contributed by atoms with Gasteiger partial charge in [-0.2, -0.15) is 11.3 Å². The molecule has 2 rings (SSSR count). The number of benzene rings is 1. The minimum atomic E-state index is 0.185. The monoisotopic (exact) mass is 325 g/mol. The van der Waals surface area contributed by atoms with Crippen LogP contribution in [0.25, 0.3) is 0 Å². The summed E-state index contributed by atoms with van der Waals surface area (Å²) in [6.45, 7) is 3.03. The van der Waals surface area contributed by atoms with Gasteiger partial charge in [0, 0.05) is 10.0 Å². The Balaban J connectivity index is 2.42. The lowest BCUT2D eigenvalue weighted by molar-refractivity contribution is 0.404. The largest absolute Gasteiger partial charge is 0.496 e. The van der Waals surface area contributed by atoms with Crippen LogP contribution in [0.4, 0.5) is 0 Å². The summed E-state index contributed by atoms with van der Waals surface area (Å²) in [4.78, 5) is 0. The summed E-state index contributed by atoms with van der Waals surface area (Å²) in [5, 5.41) is 7.78. The van der Waals surface area contributed by atoms with E-state index in [0.29, 0.717) is 0 Å². The second kappa shape index (κ2) is 6.36. The smallest absolute Gasteiger partial charge is 0.125 e. The van der Waals surface area contributed by atoms with Crippen LogP contribution in [0.15, 0.2) is 39.5 Å². The normalized spacial score (nSPS) is 12.4. The molecule has 0 radical (unpaired) electrons. The molecule has 96 valence electrons. The summed E-state index contributed by atoms with van der Waals surface area (Å²) in [6.07, 6.45) is 0. The van der Waals surface area contributed by atoms with Crippen LogP contribution in [0.2, 0.25) is 0 Å². The van der Waals surface area contributed by atoms with E-state index in [9.17, 15) is 0 Å². The van der Waals surface area contributed by atoms with Crippen LogP contribution in [-0.2, 0) is 0 Å². The van der Waals surface area contributed by atoms with Gasteiger partial charge in [-0.15, -0.1) is 0 Å². The Bertz CT molecular complexity index is 499. The third-order valence-corrected chi connectivity index (χ3v) is 3.99. The van der Waals surface area contributed by atoms with Gasteiger partial charge in [-0.1, -0.05) is 28.9 Å². The fourth-order valence-corrected chi connectivity index (χ4v) is 3.00. The molecule has 1 aromatic heterocycles. The number of ether oxygens (including phenoxy) is 1. The molecule has 0 aliphatic rings. The molecule has 0 bridgehead atoms. The molecule has 0 saturated heterocycles. The Morgan fingerprint density at radius 3 is 2.83 bits per heavy atom. The average Bonchev–Trinajstić information content (AvgIpc) is 2.90. The van der Waals surface area contributed by atoms with Gasteiger partial charge in [0.2, 0.25) is 0 Å². The van der Waals surface area contributed by atoms with Crippen LogP contribution in [0.1, 0.15) is 24.1 Å². The summed E-state index contributed by atoms with van der Waals surface area (Å²) in [5.74, 6) is 0.904. The third-order valence-electron chi connectivity index (χ3n) is 2.79. The highest BCUT2D eigenvalue weighted by molar-refractivity contribution is 9.10. The molecule has 0 amide bonds. The zero-order chi connectivity index (χ0) is 13.0. The molecule has 18 heavy (non-hydrogen) atoms. The van der Waals surface area contributed by atoms with Crippen molar-refractivity contribution < 1.29 is 4.74 Å². The second-order valence-corrected chi connectivity index (χ2v) is 5.63. The van der Waals surface area contributed by atoms with Gasteiger partial charge < -0.3 is 10.1 Å². The highest BCUT2D eigenvalue weighted by atomic mass is 79.9. The molecule has 0 saturated carbocycles. The Hall–Kier alpha value is -0.840. The van der Waals surface area contributed by atoms with Crippen molar-refractivity contribution in [1.82, 2.24) is 5.32 Å². The average molecular weight is 326 g/mol. The molecule has 0 fully saturated rings. The van der Waals surface area contributed by atoms with E-state index in [1.807, 2.05) is 6.07 Å². The van der Waals surface area contributed by atoms with E-state index >= 15 is 0 Å². The van der Waals surface area contributed by atoms with Gasteiger partial charge >= 0.3 is 0 Å². The lowest BCUT2D eigenvalue weighted by Gasteiger charge is -2.20. The zero-order valence-corrected chi connectivity index (χ0v) is 12.8. The lowest BCUT2D eigenvalue weighted by Crippen LogP contribution is -2.22. The highest BCUT2D eigenvalue weighted by Crippen LogP contribution is 2.33. The van der Waals surface area contributed by atoms with Gasteiger partial charge in [-0.25, -0.2) is 0 Å². The van der Waals surface area contributed by atoms with Crippen LogP contribution in [0.3, 0.4) is 0 Å². The highest BCUT2D eigenvalue weighted by Gasteiger charge is 2.17. The first-order chi connectivity index (χ1) is 8.76. The molecule has 0 aliphatic carbocycles. The zero-order valence-electron chi connectivity index (χ0n) is 10.4. The van der Waals surface area contributed by atoms with E-state index in [2.05, 4.69) is 57.1 Å². The predicted molar refractivity (Wildman–Crippen MR) is 80.5 cm³/mol. The van der Waals surface area contributed by atoms with E-state index in [1.54, 1.807) is 18.4 Å². The van der Waals surface area contributed by atoms with E-state index < -0.39 is 0 Å². The number of rotatable bonds is 5. The molecule has 1 N–H and O–H groups in total. The minimum absolute atomic E-state index is 0.185. The molecule has 0 spiro atoms. The molecule has 4 heteroatoms. The van der Waals surface area contributed by atoms with Crippen molar-refractivity contribution >= 4 is 27.3 Å². The molecule has 2 aromatic rings. The first-order valence-electron chi connectivity index (χ1n) is 5.85. The van der Waals surface area contributed by atoms with Crippen LogP contribution in [0, 0.1) is 0 Å². The molecular formula is C14H16BrNOS. The van der Waals surface area contributed by atoms with Crippen LogP contribution in [-0.4, -0.2) is 13.7 Å². The number of methoxy groups -OCH3 is 1. The quantitative estimate of drug-likeness (QED) is 0.888. The summed E-state index contributed by atoms with van der Waals surface area (Å²) in [6, 6.07) is 8.50. The number of hydrogen-bond acceptors (Lipinski definition) is 3. The number of thiophene rings is 1. The molecule has 1 unspecified atom stereocenters. The molecule has 2 nitrogen and oxygen atoms in total. The van der Waals surface area contributed by atoms with E-state index in [0.717, 1.165) is 16.8 Å². The van der Waals surface area contributed by atoms with Crippen LogP contribution < -0.4 is 10.1 Å². The van der Waals surface area contributed by atoms with E-state index in [4.69, 9.17) is 4.74 Å². The maximum atomic E-state index is 5.48. The molecule has 0 aliphatic heterocycles. The standard InChI is InChI=1S/C14H16BrNOS/c1-3-16-14(10-6-7-18-9-10)12-5-4-11(15)8-13(12)17-2/h4-9,14,16H,3H2,1-2H3. The van der Waals surface area contributed by atoms with Gasteiger partial charge in [0.05, 0.1) is 13.2 Å². The Morgan fingerprint density at radius 2 is 2.22 bits per heavy atom. The minimum Gasteiger partial charge on any atom is -0.496 e. The van der Waals surface area contributed by atoms with Crippen LogP contribution in [0.5, 0.6) is 5.75 Å². The maximum Gasteiger partial charge on any atom is 0.125 e. The van der Waals surface area contributed by atoms with E-state index in [-0.39, 0.29) is 6.04 Å². The van der Waals surface area contributed by atoms with Crippen molar-refractivity contribution in [2.75, 3.05) is 13.7 Å². The Kier molecular flexibility index (Phi) is 4.80. The predicted octanol–water partition coefficient (Wildman–Crippen LogP) is 4.22. The molecular weight excluding hydrogens is 310 g/mol. The van der Waals surface area contributed by atoms with Crippen molar-refractivity contribution in [3.8, 4) is 5.75 Å². The molecule has 1 aromatic carbocycles. The summed E-state index contributed by atoms with van der Waals surface area (Å²) in [7, 11) is 1.71. The molecule has 1 atom stereocenters. The van der Waals surface area contributed by atoms with Gasteiger partial charge in [0.15, 0.2) is 0 Å². The molecule has 1 heterocycles. The Labute approximate surface area is 120 Å². The van der Waals surface area contributed by atoms with Gasteiger partial charge in [0.25, 0.3) is 0 Å². The van der Waals surface area contributed by atoms with Gasteiger partial charge in [0.1, 0.15) is 5.75 Å². The van der Waals surface area contributed by atoms with Crippen molar-refractivity contribution in [3.63, 3.8) is 0 Å². The maximum absolute atomic E-state index is 5.48. The summed E-state index contributed by atoms with van der Waals surface area (Å²) >= 11 is 5.19. The third kappa shape index (κ3) is 2.94. The van der Waals surface area contributed by atoms with Crippen molar-refractivity contribution in [2.24, 2.45) is 0 Å². The number of hydrogen-bond donors (Lipinski definition) is 1. The second-order valence-electron chi connectivity index (χ2n) is 3.93. The first kappa shape index (κ1) is 13.6. The number of halogens is 1.